The van der Waals surface area contributed by atoms with E-state index >= 15 is 0 Å². The number of likely N-dealkylation sites (tertiary alicyclic amines) is 1. The molecule has 1 aliphatic heterocycles. The van der Waals surface area contributed by atoms with Crippen LogP contribution in [0.15, 0.2) is 54.7 Å². The van der Waals surface area contributed by atoms with Gasteiger partial charge in [0.1, 0.15) is 0 Å². The van der Waals surface area contributed by atoms with Crippen LogP contribution in [0.1, 0.15) is 48.3 Å². The minimum atomic E-state index is -4.43. The zero-order valence-corrected chi connectivity index (χ0v) is 18.9. The third-order valence-corrected chi connectivity index (χ3v) is 6.51. The second kappa shape index (κ2) is 10.00. The second-order valence-corrected chi connectivity index (χ2v) is 8.84. The molecule has 1 fully saturated rings. The monoisotopic (exact) mass is 457 g/mol. The highest BCUT2D eigenvalue weighted by atomic mass is 19.4. The van der Waals surface area contributed by atoms with E-state index in [4.69, 9.17) is 0 Å². The standard InChI is InChI=1S/C26H30F3N3O/c1-31-18-23(21-10-3-4-11-24(21)31)22(19-8-7-9-20(16-19)26(27,28)29)17-25(33)30-12-15-32-13-5-2-6-14-32/h3-4,7-11,16,18,22H,2,5-6,12-15,17H2,1H3,(H,30,33). The summed E-state index contributed by atoms with van der Waals surface area (Å²) in [6.07, 6.45) is 1.22. The molecule has 33 heavy (non-hydrogen) atoms. The van der Waals surface area contributed by atoms with Crippen molar-refractivity contribution in [3.63, 3.8) is 0 Å². The molecule has 0 spiro atoms. The predicted molar refractivity (Wildman–Crippen MR) is 124 cm³/mol. The third kappa shape index (κ3) is 5.58. The summed E-state index contributed by atoms with van der Waals surface area (Å²) in [5, 5.41) is 3.94. The number of para-hydroxylation sites is 1. The normalized spacial score (nSPS) is 16.1. The second-order valence-electron chi connectivity index (χ2n) is 8.84. The molecule has 1 saturated heterocycles. The van der Waals surface area contributed by atoms with Crippen LogP contribution in [0.3, 0.4) is 0 Å². The van der Waals surface area contributed by atoms with E-state index < -0.39 is 17.7 Å². The molecule has 0 radical (unpaired) electrons. The molecule has 1 amide bonds. The molecular weight excluding hydrogens is 427 g/mol. The van der Waals surface area contributed by atoms with Gasteiger partial charge in [-0.05, 0) is 49.2 Å². The number of hydrogen-bond acceptors (Lipinski definition) is 2. The minimum Gasteiger partial charge on any atom is -0.355 e. The van der Waals surface area contributed by atoms with Crippen molar-refractivity contribution < 1.29 is 18.0 Å². The maximum atomic E-state index is 13.4. The van der Waals surface area contributed by atoms with Crippen molar-refractivity contribution in [2.24, 2.45) is 7.05 Å². The summed E-state index contributed by atoms with van der Waals surface area (Å²) in [5.74, 6) is -0.629. The van der Waals surface area contributed by atoms with Gasteiger partial charge in [0.05, 0.1) is 5.56 Å². The molecule has 0 saturated carbocycles. The summed E-state index contributed by atoms with van der Waals surface area (Å²) in [7, 11) is 1.91. The molecule has 4 rings (SSSR count). The highest BCUT2D eigenvalue weighted by Gasteiger charge is 2.32. The number of alkyl halides is 3. The maximum Gasteiger partial charge on any atom is 0.416 e. The first kappa shape index (κ1) is 23.4. The van der Waals surface area contributed by atoms with Crippen LogP contribution < -0.4 is 5.32 Å². The summed E-state index contributed by atoms with van der Waals surface area (Å²) in [4.78, 5) is 15.3. The van der Waals surface area contributed by atoms with Gasteiger partial charge in [-0.3, -0.25) is 4.79 Å². The van der Waals surface area contributed by atoms with Crippen LogP contribution in [-0.4, -0.2) is 41.6 Å². The number of amides is 1. The van der Waals surface area contributed by atoms with Crippen molar-refractivity contribution in [2.45, 2.75) is 37.8 Å². The number of carbonyl (C=O) groups excluding carboxylic acids is 1. The van der Waals surface area contributed by atoms with E-state index in [-0.39, 0.29) is 12.3 Å². The van der Waals surface area contributed by atoms with Gasteiger partial charge in [-0.25, -0.2) is 0 Å². The molecule has 1 aromatic heterocycles. The molecule has 1 aliphatic rings. The highest BCUT2D eigenvalue weighted by molar-refractivity contribution is 5.86. The number of carbonyl (C=O) groups is 1. The summed E-state index contributed by atoms with van der Waals surface area (Å²) in [6.45, 7) is 3.45. The molecule has 2 aromatic carbocycles. The van der Waals surface area contributed by atoms with E-state index in [1.807, 2.05) is 42.1 Å². The van der Waals surface area contributed by atoms with Crippen molar-refractivity contribution in [3.8, 4) is 0 Å². The average Bonchev–Trinajstić information content (AvgIpc) is 3.14. The molecule has 1 atom stereocenters. The maximum absolute atomic E-state index is 13.4. The van der Waals surface area contributed by atoms with Crippen molar-refractivity contribution in [1.82, 2.24) is 14.8 Å². The first-order valence-corrected chi connectivity index (χ1v) is 11.5. The SMILES string of the molecule is Cn1cc(C(CC(=O)NCCN2CCCCC2)c2cccc(C(F)(F)F)c2)c2ccccc21. The van der Waals surface area contributed by atoms with Crippen LogP contribution in [-0.2, 0) is 18.0 Å². The number of piperidine rings is 1. The Hall–Kier alpha value is -2.80. The zero-order chi connectivity index (χ0) is 23.4. The molecule has 176 valence electrons. The van der Waals surface area contributed by atoms with Gasteiger partial charge in [0.15, 0.2) is 0 Å². The summed E-state index contributed by atoms with van der Waals surface area (Å²) in [5.41, 5.74) is 1.64. The number of halogens is 3. The van der Waals surface area contributed by atoms with Gasteiger partial charge >= 0.3 is 6.18 Å². The van der Waals surface area contributed by atoms with Gasteiger partial charge in [0.25, 0.3) is 0 Å². The largest absolute Gasteiger partial charge is 0.416 e. The quantitative estimate of drug-likeness (QED) is 0.521. The summed E-state index contributed by atoms with van der Waals surface area (Å²) in [6, 6.07) is 13.1. The number of aryl methyl sites for hydroxylation is 1. The number of benzene rings is 2. The summed E-state index contributed by atoms with van der Waals surface area (Å²) >= 11 is 0. The molecule has 3 aromatic rings. The van der Waals surface area contributed by atoms with Crippen molar-refractivity contribution in [3.05, 3.63) is 71.4 Å². The fourth-order valence-corrected chi connectivity index (χ4v) is 4.78. The van der Waals surface area contributed by atoms with E-state index in [0.29, 0.717) is 12.1 Å². The third-order valence-electron chi connectivity index (χ3n) is 6.51. The lowest BCUT2D eigenvalue weighted by Gasteiger charge is -2.26. The van der Waals surface area contributed by atoms with Crippen LogP contribution in [0.2, 0.25) is 0 Å². The zero-order valence-electron chi connectivity index (χ0n) is 18.9. The lowest BCUT2D eigenvalue weighted by atomic mass is 9.87. The Morgan fingerprint density at radius 2 is 1.82 bits per heavy atom. The van der Waals surface area contributed by atoms with Crippen LogP contribution in [0.5, 0.6) is 0 Å². The summed E-state index contributed by atoms with van der Waals surface area (Å²) < 4.78 is 42.2. The Labute approximate surface area is 192 Å². The lowest BCUT2D eigenvalue weighted by molar-refractivity contribution is -0.137. The van der Waals surface area contributed by atoms with E-state index in [1.165, 1.54) is 31.4 Å². The minimum absolute atomic E-state index is 0.0926. The molecular formula is C26H30F3N3O. The Morgan fingerprint density at radius 3 is 2.58 bits per heavy atom. The smallest absolute Gasteiger partial charge is 0.355 e. The average molecular weight is 458 g/mol. The number of aromatic nitrogens is 1. The molecule has 0 bridgehead atoms. The van der Waals surface area contributed by atoms with Crippen molar-refractivity contribution in [1.29, 1.82) is 0 Å². The molecule has 1 N–H and O–H groups in total. The van der Waals surface area contributed by atoms with Gasteiger partial charge in [-0.2, -0.15) is 13.2 Å². The van der Waals surface area contributed by atoms with Gasteiger partial charge in [-0.1, -0.05) is 42.8 Å². The molecule has 7 heteroatoms. The van der Waals surface area contributed by atoms with Gasteiger partial charge < -0.3 is 14.8 Å². The Morgan fingerprint density at radius 1 is 1.06 bits per heavy atom. The highest BCUT2D eigenvalue weighted by Crippen LogP contribution is 2.37. The number of nitrogens with zero attached hydrogens (tertiary/aromatic N) is 2. The molecule has 2 heterocycles. The Bertz CT molecular complexity index is 1100. The number of hydrogen-bond donors (Lipinski definition) is 1. The topological polar surface area (TPSA) is 37.3 Å². The van der Waals surface area contributed by atoms with E-state index in [1.54, 1.807) is 6.07 Å². The number of fused-ring (bicyclic) bond motifs is 1. The number of rotatable bonds is 7. The van der Waals surface area contributed by atoms with Crippen LogP contribution in [0.4, 0.5) is 13.2 Å². The van der Waals surface area contributed by atoms with E-state index in [2.05, 4.69) is 10.2 Å². The van der Waals surface area contributed by atoms with Crippen molar-refractivity contribution >= 4 is 16.8 Å². The fraction of sp³-hybridized carbons (Fsp3) is 0.423. The van der Waals surface area contributed by atoms with Crippen LogP contribution >= 0.6 is 0 Å². The fourth-order valence-electron chi connectivity index (χ4n) is 4.78. The molecule has 1 unspecified atom stereocenters. The van der Waals surface area contributed by atoms with Gasteiger partial charge in [0.2, 0.25) is 5.91 Å². The lowest BCUT2D eigenvalue weighted by Crippen LogP contribution is -2.38. The van der Waals surface area contributed by atoms with Crippen LogP contribution in [0.25, 0.3) is 10.9 Å². The van der Waals surface area contributed by atoms with Crippen LogP contribution in [0, 0.1) is 0 Å². The predicted octanol–water partition coefficient (Wildman–Crippen LogP) is 5.32. The molecule has 4 nitrogen and oxygen atoms in total. The first-order valence-electron chi connectivity index (χ1n) is 11.5. The first-order chi connectivity index (χ1) is 15.8. The Kier molecular flexibility index (Phi) is 7.08. The van der Waals surface area contributed by atoms with Gasteiger partial charge in [0, 0.05) is 49.6 Å². The Balaban J connectivity index is 1.58. The molecule has 0 aliphatic carbocycles. The van der Waals surface area contributed by atoms with E-state index in [0.717, 1.165) is 42.2 Å². The van der Waals surface area contributed by atoms with Crippen molar-refractivity contribution in [2.75, 3.05) is 26.2 Å². The van der Waals surface area contributed by atoms with Gasteiger partial charge in [-0.15, -0.1) is 0 Å². The van der Waals surface area contributed by atoms with E-state index in [9.17, 15) is 18.0 Å². The number of nitrogens with one attached hydrogen (secondary N) is 1.